The summed E-state index contributed by atoms with van der Waals surface area (Å²) in [5.41, 5.74) is 1.36. The summed E-state index contributed by atoms with van der Waals surface area (Å²) < 4.78 is 19.9. The highest BCUT2D eigenvalue weighted by Gasteiger charge is 2.34. The Bertz CT molecular complexity index is 1440. The molecule has 1 atom stereocenters. The van der Waals surface area contributed by atoms with Crippen LogP contribution in [0.15, 0.2) is 78.9 Å². The Balaban J connectivity index is 1.49. The maximum absolute atomic E-state index is 14.3. The number of anilines is 1. The number of tetrazole rings is 1. The number of hydrogen-bond donors (Lipinski definition) is 1. The summed E-state index contributed by atoms with van der Waals surface area (Å²) in [5.74, 6) is -0.445. The zero-order valence-corrected chi connectivity index (χ0v) is 22.2. The summed E-state index contributed by atoms with van der Waals surface area (Å²) >= 11 is 0. The van der Waals surface area contributed by atoms with Crippen molar-refractivity contribution in [3.63, 3.8) is 0 Å². The van der Waals surface area contributed by atoms with E-state index in [-0.39, 0.29) is 29.9 Å². The number of halogens is 1. The molecule has 1 heterocycles. The SMILES string of the molecule is CCOc1ccc([C@@H](C(=O)NC2CCCC2)N(C(=O)Cn2nnc(-c3ccccc3F)n2)c2ccccc2)cc1. The third-order valence-corrected chi connectivity index (χ3v) is 6.86. The Hall–Kier alpha value is -4.60. The molecule has 0 unspecified atom stereocenters. The Morgan fingerprint density at radius 1 is 1.02 bits per heavy atom. The molecule has 1 aliphatic rings. The molecule has 1 saturated carbocycles. The molecule has 1 N–H and O–H groups in total. The lowest BCUT2D eigenvalue weighted by atomic mass is 10.0. The van der Waals surface area contributed by atoms with Crippen molar-refractivity contribution in [2.45, 2.75) is 51.2 Å². The molecule has 0 spiro atoms. The lowest BCUT2D eigenvalue weighted by Crippen LogP contribution is -2.47. The van der Waals surface area contributed by atoms with Crippen LogP contribution in [0.1, 0.15) is 44.2 Å². The van der Waals surface area contributed by atoms with Crippen LogP contribution in [0.25, 0.3) is 11.4 Å². The second kappa shape index (κ2) is 12.5. The number of hydrogen-bond acceptors (Lipinski definition) is 6. The quantitative estimate of drug-likeness (QED) is 0.311. The van der Waals surface area contributed by atoms with Gasteiger partial charge in [0.05, 0.1) is 12.2 Å². The Morgan fingerprint density at radius 2 is 1.73 bits per heavy atom. The van der Waals surface area contributed by atoms with Gasteiger partial charge >= 0.3 is 0 Å². The van der Waals surface area contributed by atoms with E-state index in [0.717, 1.165) is 30.5 Å². The minimum absolute atomic E-state index is 0.0609. The van der Waals surface area contributed by atoms with Crippen LogP contribution in [-0.2, 0) is 16.1 Å². The van der Waals surface area contributed by atoms with Gasteiger partial charge in [-0.1, -0.05) is 55.3 Å². The number of para-hydroxylation sites is 1. The maximum Gasteiger partial charge on any atom is 0.251 e. The third kappa shape index (κ3) is 6.17. The molecule has 2 amide bonds. The molecule has 5 rings (SSSR count). The Kier molecular flexibility index (Phi) is 8.44. The van der Waals surface area contributed by atoms with E-state index in [2.05, 4.69) is 20.7 Å². The van der Waals surface area contributed by atoms with Crippen LogP contribution in [0.3, 0.4) is 0 Å². The van der Waals surface area contributed by atoms with Gasteiger partial charge in [0.25, 0.3) is 5.91 Å². The predicted octanol–water partition coefficient (Wildman–Crippen LogP) is 4.71. The molecule has 3 aromatic carbocycles. The van der Waals surface area contributed by atoms with Gasteiger partial charge in [0.2, 0.25) is 11.7 Å². The van der Waals surface area contributed by atoms with E-state index in [1.165, 1.54) is 11.0 Å². The summed E-state index contributed by atoms with van der Waals surface area (Å²) in [6, 6.07) is 21.4. The van der Waals surface area contributed by atoms with Crippen molar-refractivity contribution >= 4 is 17.5 Å². The average Bonchev–Trinajstić information content (AvgIpc) is 3.65. The molecule has 0 aliphatic heterocycles. The lowest BCUT2D eigenvalue weighted by Gasteiger charge is -2.32. The number of aromatic nitrogens is 4. The van der Waals surface area contributed by atoms with E-state index < -0.39 is 17.8 Å². The zero-order valence-electron chi connectivity index (χ0n) is 22.2. The van der Waals surface area contributed by atoms with Gasteiger partial charge in [-0.2, -0.15) is 4.80 Å². The van der Waals surface area contributed by atoms with Crippen molar-refractivity contribution < 1.29 is 18.7 Å². The fourth-order valence-corrected chi connectivity index (χ4v) is 4.96. The second-order valence-corrected chi connectivity index (χ2v) is 9.62. The normalized spacial score (nSPS) is 14.1. The van der Waals surface area contributed by atoms with Gasteiger partial charge in [0.1, 0.15) is 24.2 Å². The number of carbonyl (C=O) groups is 2. The average molecular weight is 543 g/mol. The molecular formula is C30H31FN6O3. The second-order valence-electron chi connectivity index (χ2n) is 9.62. The smallest absolute Gasteiger partial charge is 0.251 e. The molecule has 0 radical (unpaired) electrons. The van der Waals surface area contributed by atoms with Gasteiger partial charge in [0.15, 0.2) is 0 Å². The fraction of sp³-hybridized carbons (Fsp3) is 0.300. The van der Waals surface area contributed by atoms with Crippen LogP contribution < -0.4 is 15.0 Å². The highest BCUT2D eigenvalue weighted by atomic mass is 19.1. The van der Waals surface area contributed by atoms with E-state index in [1.54, 1.807) is 54.6 Å². The minimum Gasteiger partial charge on any atom is -0.494 e. The summed E-state index contributed by atoms with van der Waals surface area (Å²) in [5, 5.41) is 15.3. The van der Waals surface area contributed by atoms with Crippen LogP contribution >= 0.6 is 0 Å². The standard InChI is InChI=1S/C30H31FN6O3/c1-2-40-24-18-16-21(17-19-24)28(30(39)32-22-10-6-7-11-22)37(23-12-4-3-5-13-23)27(38)20-36-34-29(33-35-36)25-14-8-9-15-26(25)31/h3-5,8-9,12-19,22,28H,2,6-7,10-11,20H2,1H3,(H,32,39)/t28-/m0/s1. The van der Waals surface area contributed by atoms with Crippen molar-refractivity contribution in [3.05, 3.63) is 90.2 Å². The van der Waals surface area contributed by atoms with Crippen molar-refractivity contribution in [2.24, 2.45) is 0 Å². The number of ether oxygens (including phenoxy) is 1. The number of amides is 2. The number of rotatable bonds is 10. The van der Waals surface area contributed by atoms with Crippen LogP contribution in [-0.4, -0.2) is 44.7 Å². The monoisotopic (exact) mass is 542 g/mol. The first-order valence-corrected chi connectivity index (χ1v) is 13.5. The van der Waals surface area contributed by atoms with Crippen LogP contribution in [0.2, 0.25) is 0 Å². The van der Waals surface area contributed by atoms with Gasteiger partial charge in [-0.15, -0.1) is 10.2 Å². The minimum atomic E-state index is -0.958. The first kappa shape index (κ1) is 27.0. The molecule has 206 valence electrons. The largest absolute Gasteiger partial charge is 0.494 e. The molecule has 1 aliphatic carbocycles. The number of carbonyl (C=O) groups excluding carboxylic acids is 2. The zero-order chi connectivity index (χ0) is 27.9. The van der Waals surface area contributed by atoms with Gasteiger partial charge in [-0.3, -0.25) is 14.5 Å². The molecule has 1 aromatic heterocycles. The van der Waals surface area contributed by atoms with E-state index in [0.29, 0.717) is 23.6 Å². The first-order valence-electron chi connectivity index (χ1n) is 13.5. The molecule has 10 heteroatoms. The summed E-state index contributed by atoms with van der Waals surface area (Å²) in [7, 11) is 0. The molecule has 0 saturated heterocycles. The van der Waals surface area contributed by atoms with E-state index in [9.17, 15) is 14.0 Å². The Labute approximate surface area is 232 Å². The van der Waals surface area contributed by atoms with Crippen molar-refractivity contribution in [1.82, 2.24) is 25.5 Å². The maximum atomic E-state index is 14.3. The number of nitrogens with zero attached hydrogens (tertiary/aromatic N) is 5. The van der Waals surface area contributed by atoms with Crippen LogP contribution in [0, 0.1) is 5.82 Å². The van der Waals surface area contributed by atoms with Crippen molar-refractivity contribution in [2.75, 3.05) is 11.5 Å². The number of nitrogens with one attached hydrogen (secondary N) is 1. The summed E-state index contributed by atoms with van der Waals surface area (Å²) in [6.07, 6.45) is 3.93. The summed E-state index contributed by atoms with van der Waals surface area (Å²) in [4.78, 5) is 30.4. The van der Waals surface area contributed by atoms with E-state index in [1.807, 2.05) is 25.1 Å². The molecule has 9 nitrogen and oxygen atoms in total. The van der Waals surface area contributed by atoms with Crippen molar-refractivity contribution in [3.8, 4) is 17.1 Å². The van der Waals surface area contributed by atoms with Gasteiger partial charge in [-0.05, 0) is 66.9 Å². The first-order chi connectivity index (χ1) is 19.5. The molecule has 1 fully saturated rings. The highest BCUT2D eigenvalue weighted by Crippen LogP contribution is 2.30. The lowest BCUT2D eigenvalue weighted by molar-refractivity contribution is -0.127. The van der Waals surface area contributed by atoms with Crippen LogP contribution in [0.4, 0.5) is 10.1 Å². The van der Waals surface area contributed by atoms with Gasteiger partial charge < -0.3 is 10.1 Å². The van der Waals surface area contributed by atoms with E-state index in [4.69, 9.17) is 4.74 Å². The summed E-state index contributed by atoms with van der Waals surface area (Å²) in [6.45, 7) is 2.11. The fourth-order valence-electron chi connectivity index (χ4n) is 4.96. The topological polar surface area (TPSA) is 102 Å². The van der Waals surface area contributed by atoms with Gasteiger partial charge in [-0.25, -0.2) is 4.39 Å². The van der Waals surface area contributed by atoms with Crippen LogP contribution in [0.5, 0.6) is 5.75 Å². The third-order valence-electron chi connectivity index (χ3n) is 6.86. The molecular weight excluding hydrogens is 511 g/mol. The molecule has 40 heavy (non-hydrogen) atoms. The predicted molar refractivity (Wildman–Crippen MR) is 148 cm³/mol. The Morgan fingerprint density at radius 3 is 2.42 bits per heavy atom. The molecule has 0 bridgehead atoms. The number of benzene rings is 3. The van der Waals surface area contributed by atoms with Crippen molar-refractivity contribution in [1.29, 1.82) is 0 Å². The van der Waals surface area contributed by atoms with E-state index >= 15 is 0 Å². The highest BCUT2D eigenvalue weighted by molar-refractivity contribution is 6.01. The van der Waals surface area contributed by atoms with Gasteiger partial charge in [0, 0.05) is 11.7 Å². The molecule has 4 aromatic rings.